The highest BCUT2D eigenvalue weighted by molar-refractivity contribution is 7.89. The Morgan fingerprint density at radius 1 is 0.581 bits per heavy atom. The standard InChI is InChI=1S/C52H60Cl4N6O10S2/c1-61-31-45(43-27-39(53)29-49(55)47(43)33-61)35-7-11-41(12-8-35)73(65,66)59-17-21-71-25-23-69-19-15-57-51(63)37-3-5-38(6-4-37)52(64)58-16-20-70-24-26-72-22-18-60-74(67,68)42-13-9-36(10-14-42)46-32-62(2)34-48-44(46)28-40(54)30-50(48)56/h3-14,27,29-30,45,59-60H,15-26,28,31-34H2,1-2H3,(H,57,63)(H,58,64). The normalized spacial score (nSPS) is 16.5. The van der Waals surface area contributed by atoms with Gasteiger partial charge in [0, 0.05) is 95.9 Å². The van der Waals surface area contributed by atoms with E-state index in [1.165, 1.54) is 0 Å². The molecule has 1 atom stereocenters. The summed E-state index contributed by atoms with van der Waals surface area (Å²) in [5, 5.41) is 8.01. The average molecular weight is 1140 g/mol. The zero-order valence-electron chi connectivity index (χ0n) is 41.1. The first-order valence-electron chi connectivity index (χ1n) is 24.0. The summed E-state index contributed by atoms with van der Waals surface area (Å²) >= 11 is 25.7. The third-order valence-corrected chi connectivity index (χ3v) is 16.5. The number of sulfonamides is 2. The lowest BCUT2D eigenvalue weighted by Crippen LogP contribution is -2.31. The Kier molecular flexibility index (Phi) is 21.1. The molecule has 4 aromatic rings. The summed E-state index contributed by atoms with van der Waals surface area (Å²) in [5.41, 5.74) is 7.89. The van der Waals surface area contributed by atoms with Crippen LogP contribution in [-0.4, -0.2) is 151 Å². The van der Waals surface area contributed by atoms with Gasteiger partial charge in [-0.25, -0.2) is 26.3 Å². The minimum absolute atomic E-state index is 0.00612. The molecule has 0 saturated carbocycles. The monoisotopic (exact) mass is 1130 g/mol. The van der Waals surface area contributed by atoms with E-state index in [9.17, 15) is 26.4 Å². The number of carbonyl (C=O) groups excluding carboxylic acids is 2. The Bertz CT molecular complexity index is 2940. The van der Waals surface area contributed by atoms with Crippen LogP contribution in [0.25, 0.3) is 5.57 Å². The average Bonchev–Trinajstić information content (AvgIpc) is 3.37. The van der Waals surface area contributed by atoms with Crippen LogP contribution in [0.4, 0.5) is 0 Å². The van der Waals surface area contributed by atoms with Gasteiger partial charge in [-0.2, -0.15) is 0 Å². The van der Waals surface area contributed by atoms with Gasteiger partial charge in [0.1, 0.15) is 0 Å². The summed E-state index contributed by atoms with van der Waals surface area (Å²) in [7, 11) is -3.49. The first-order chi connectivity index (χ1) is 35.5. The van der Waals surface area contributed by atoms with Crippen molar-refractivity contribution >= 4 is 83.8 Å². The number of allylic oxidation sites excluding steroid dienone is 3. The first-order valence-corrected chi connectivity index (χ1v) is 28.5. The van der Waals surface area contributed by atoms with Gasteiger partial charge in [0.15, 0.2) is 0 Å². The molecule has 74 heavy (non-hydrogen) atoms. The van der Waals surface area contributed by atoms with Crippen molar-refractivity contribution in [2.45, 2.75) is 28.7 Å². The molecule has 0 spiro atoms. The quantitative estimate of drug-likeness (QED) is 0.0483. The molecule has 0 fully saturated rings. The van der Waals surface area contributed by atoms with Gasteiger partial charge in [0.2, 0.25) is 20.0 Å². The van der Waals surface area contributed by atoms with Gasteiger partial charge in [0.05, 0.1) is 62.6 Å². The lowest BCUT2D eigenvalue weighted by Gasteiger charge is -2.33. The van der Waals surface area contributed by atoms with Crippen molar-refractivity contribution in [3.05, 3.63) is 156 Å². The first kappa shape index (κ1) is 57.5. The van der Waals surface area contributed by atoms with E-state index in [1.807, 2.05) is 32.3 Å². The van der Waals surface area contributed by atoms with E-state index >= 15 is 0 Å². The van der Waals surface area contributed by atoms with Crippen LogP contribution in [0.5, 0.6) is 0 Å². The maximum absolute atomic E-state index is 13.0. The predicted molar refractivity (Wildman–Crippen MR) is 288 cm³/mol. The minimum atomic E-state index is -3.76. The molecule has 1 aliphatic carbocycles. The van der Waals surface area contributed by atoms with Crippen molar-refractivity contribution in [3.63, 3.8) is 0 Å². The van der Waals surface area contributed by atoms with E-state index in [2.05, 4.69) is 29.9 Å². The summed E-state index contributed by atoms with van der Waals surface area (Å²) in [6.45, 7) is 5.21. The second-order valence-electron chi connectivity index (χ2n) is 17.9. The predicted octanol–water partition coefficient (Wildman–Crippen LogP) is 6.77. The van der Waals surface area contributed by atoms with E-state index in [4.69, 9.17) is 65.4 Å². The van der Waals surface area contributed by atoms with Gasteiger partial charge in [-0.1, -0.05) is 70.7 Å². The molecule has 4 N–H and O–H groups in total. The summed E-state index contributed by atoms with van der Waals surface area (Å²) in [4.78, 5) is 29.9. The van der Waals surface area contributed by atoms with E-state index in [0.29, 0.717) is 50.7 Å². The fourth-order valence-electron chi connectivity index (χ4n) is 8.71. The van der Waals surface area contributed by atoms with Crippen LogP contribution < -0.4 is 20.1 Å². The van der Waals surface area contributed by atoms with Gasteiger partial charge in [-0.3, -0.25) is 14.5 Å². The second kappa shape index (κ2) is 27.2. The summed E-state index contributed by atoms with van der Waals surface area (Å²) in [5.74, 6) is -0.660. The number of carbonyl (C=O) groups is 2. The number of likely N-dealkylation sites (N-methyl/N-ethyl adjacent to an activating group) is 2. The lowest BCUT2D eigenvalue weighted by atomic mass is 9.85. The number of hydrogen-bond acceptors (Lipinski definition) is 12. The second-order valence-corrected chi connectivity index (χ2v) is 23.1. The van der Waals surface area contributed by atoms with Crippen molar-refractivity contribution < 1.29 is 45.4 Å². The third-order valence-electron chi connectivity index (χ3n) is 12.4. The van der Waals surface area contributed by atoms with Crippen molar-refractivity contribution in [1.82, 2.24) is 29.9 Å². The zero-order valence-corrected chi connectivity index (χ0v) is 45.7. The smallest absolute Gasteiger partial charge is 0.251 e. The molecule has 0 aromatic heterocycles. The number of rotatable bonds is 26. The Morgan fingerprint density at radius 2 is 1.07 bits per heavy atom. The Balaban J connectivity index is 0.687. The molecule has 3 aliphatic rings. The Morgan fingerprint density at radius 3 is 1.59 bits per heavy atom. The zero-order chi connectivity index (χ0) is 52.8. The Hall–Kier alpha value is -4.22. The molecule has 4 aromatic carbocycles. The van der Waals surface area contributed by atoms with E-state index in [1.54, 1.807) is 72.8 Å². The fraction of sp³-hybridized carbons (Fsp3) is 0.385. The van der Waals surface area contributed by atoms with Crippen LogP contribution in [0.1, 0.15) is 55.3 Å². The molecule has 2 amide bonds. The number of halogens is 4. The van der Waals surface area contributed by atoms with Gasteiger partial charge in [-0.05, 0) is 120 Å². The maximum atomic E-state index is 13.0. The van der Waals surface area contributed by atoms with Crippen molar-refractivity contribution in [1.29, 1.82) is 0 Å². The number of nitrogens with zero attached hydrogens (tertiary/aromatic N) is 2. The summed E-state index contributed by atoms with van der Waals surface area (Å²) in [6, 6.07) is 23.5. The molecule has 398 valence electrons. The maximum Gasteiger partial charge on any atom is 0.251 e. The van der Waals surface area contributed by atoms with Crippen molar-refractivity contribution in [2.75, 3.05) is 113 Å². The van der Waals surface area contributed by atoms with Crippen LogP contribution in [0.3, 0.4) is 0 Å². The molecular formula is C52H60Cl4N6O10S2. The number of hydrogen-bond donors (Lipinski definition) is 4. The molecule has 16 nitrogen and oxygen atoms in total. The number of amides is 2. The Labute approximate surface area is 453 Å². The molecule has 0 bridgehead atoms. The highest BCUT2D eigenvalue weighted by Gasteiger charge is 2.29. The van der Waals surface area contributed by atoms with E-state index in [-0.39, 0.29) is 107 Å². The fourth-order valence-corrected chi connectivity index (χ4v) is 11.9. The van der Waals surface area contributed by atoms with Crippen LogP contribution in [0.2, 0.25) is 10.0 Å². The number of fused-ring (bicyclic) bond motifs is 2. The topological polar surface area (TPSA) is 194 Å². The van der Waals surface area contributed by atoms with Crippen LogP contribution in [-0.2, 0) is 45.5 Å². The van der Waals surface area contributed by atoms with Gasteiger partial charge in [0.25, 0.3) is 11.8 Å². The van der Waals surface area contributed by atoms with E-state index < -0.39 is 20.0 Å². The van der Waals surface area contributed by atoms with Gasteiger partial charge >= 0.3 is 0 Å². The molecule has 0 saturated heterocycles. The van der Waals surface area contributed by atoms with Gasteiger partial charge in [-0.15, -0.1) is 0 Å². The van der Waals surface area contributed by atoms with Crippen molar-refractivity contribution in [3.8, 4) is 0 Å². The van der Waals surface area contributed by atoms with E-state index in [0.717, 1.165) is 52.1 Å². The molecule has 1 unspecified atom stereocenters. The summed E-state index contributed by atoms with van der Waals surface area (Å²) in [6.07, 6.45) is 2.37. The minimum Gasteiger partial charge on any atom is -0.378 e. The third kappa shape index (κ3) is 15.9. The largest absolute Gasteiger partial charge is 0.378 e. The molecule has 2 aliphatic heterocycles. The molecule has 22 heteroatoms. The van der Waals surface area contributed by atoms with Crippen molar-refractivity contribution in [2.24, 2.45) is 0 Å². The highest BCUT2D eigenvalue weighted by Crippen LogP contribution is 2.41. The van der Waals surface area contributed by atoms with Gasteiger partial charge < -0.3 is 34.5 Å². The van der Waals surface area contributed by atoms with Crippen LogP contribution >= 0.6 is 46.4 Å². The SMILES string of the molecule is CN1CC2=C(Cl)C=C(Cl)CC2=C(c2ccc(S(=O)(=O)NCCOCCOCCNC(=O)c3ccc(C(=O)NCCOCCOCCNS(=O)(=O)c4ccc(C5CN(C)Cc6c(Cl)cc(Cl)cc65)cc4)cc3)cc2)C1. The molecule has 2 heterocycles. The van der Waals surface area contributed by atoms with Crippen LogP contribution in [0.15, 0.2) is 122 Å². The highest BCUT2D eigenvalue weighted by atomic mass is 35.5. The molecular weight excluding hydrogens is 1070 g/mol. The lowest BCUT2D eigenvalue weighted by molar-refractivity contribution is 0.0503. The number of benzene rings is 4. The number of ether oxygens (including phenoxy) is 4. The van der Waals surface area contributed by atoms with Crippen LogP contribution in [0, 0.1) is 0 Å². The molecule has 7 rings (SSSR count). The molecule has 0 radical (unpaired) electrons. The number of nitrogens with one attached hydrogen (secondary N) is 4. The summed E-state index contributed by atoms with van der Waals surface area (Å²) < 4.78 is 79.1.